The molecule has 0 bridgehead atoms. The van der Waals surface area contributed by atoms with Gasteiger partial charge in [0, 0.05) is 0 Å². The van der Waals surface area contributed by atoms with Crippen molar-refractivity contribution in [3.63, 3.8) is 0 Å². The zero-order chi connectivity index (χ0) is 15.4. The van der Waals surface area contributed by atoms with Crippen molar-refractivity contribution in [2.75, 3.05) is 0 Å². The van der Waals surface area contributed by atoms with Crippen molar-refractivity contribution in [2.24, 2.45) is 0 Å². The zero-order valence-electron chi connectivity index (χ0n) is 12.5. The second-order valence-corrected chi connectivity index (χ2v) is 9.00. The molecule has 0 unspecified atom stereocenters. The molecular formula is C16H17FN4Sn. The second-order valence-electron chi connectivity index (χ2n) is 5.14. The molecule has 112 valence electrons. The molecule has 0 aromatic carbocycles. The Labute approximate surface area is 139 Å². The predicted octanol–water partition coefficient (Wildman–Crippen LogP) is 3.38. The fourth-order valence-electron chi connectivity index (χ4n) is 2.28. The molecule has 0 spiro atoms. The molecule has 0 amide bonds. The Morgan fingerprint density at radius 1 is 1.27 bits per heavy atom. The Balaban J connectivity index is 1.88. The van der Waals surface area contributed by atoms with E-state index in [1.807, 2.05) is 6.20 Å². The quantitative estimate of drug-likeness (QED) is 0.360. The van der Waals surface area contributed by atoms with Gasteiger partial charge in [-0.2, -0.15) is 0 Å². The van der Waals surface area contributed by atoms with Crippen LogP contribution in [0, 0.1) is 5.95 Å². The van der Waals surface area contributed by atoms with E-state index in [-0.39, 0.29) is 21.1 Å². The standard InChI is InChI=1S/C12H8FN4.C4H9.Sn/c1-8-5-10-9(6-14-8)7-15-17(10)12-4-2-3-11(13)16-12;1-3-4-2;/h2-7H,1H2;1,3-4H2,2H3;. The minimum absolute atomic E-state index is 0.374. The van der Waals surface area contributed by atoms with Crippen molar-refractivity contribution < 1.29 is 4.39 Å². The Kier molecular flexibility index (Phi) is 5.02. The Morgan fingerprint density at radius 2 is 2.18 bits per heavy atom. The third kappa shape index (κ3) is 3.45. The van der Waals surface area contributed by atoms with Gasteiger partial charge in [-0.05, 0) is 0 Å². The normalized spacial score (nSPS) is 11.2. The third-order valence-electron chi connectivity index (χ3n) is 3.44. The molecule has 0 atom stereocenters. The van der Waals surface area contributed by atoms with Gasteiger partial charge in [0.15, 0.2) is 0 Å². The van der Waals surface area contributed by atoms with Gasteiger partial charge >= 0.3 is 139 Å². The van der Waals surface area contributed by atoms with Crippen molar-refractivity contribution in [3.8, 4) is 5.82 Å². The first-order valence-corrected chi connectivity index (χ1v) is 11.5. The van der Waals surface area contributed by atoms with E-state index in [9.17, 15) is 4.39 Å². The molecule has 3 aromatic heterocycles. The topological polar surface area (TPSA) is 43.6 Å². The summed E-state index contributed by atoms with van der Waals surface area (Å²) in [6.45, 7) is 2.23. The molecule has 6 heteroatoms. The first kappa shape index (κ1) is 15.4. The summed E-state index contributed by atoms with van der Waals surface area (Å²) in [6.07, 6.45) is 6.20. The van der Waals surface area contributed by atoms with Crippen LogP contribution in [0.2, 0.25) is 4.44 Å². The van der Waals surface area contributed by atoms with Gasteiger partial charge in [-0.25, -0.2) is 0 Å². The van der Waals surface area contributed by atoms with Crippen LogP contribution in [0.4, 0.5) is 4.39 Å². The van der Waals surface area contributed by atoms with Crippen LogP contribution < -0.4 is 0 Å². The van der Waals surface area contributed by atoms with E-state index in [2.05, 4.69) is 28.1 Å². The van der Waals surface area contributed by atoms with E-state index in [0.717, 1.165) is 21.0 Å². The molecule has 3 aromatic rings. The Bertz CT molecular complexity index is 772. The monoisotopic (exact) mass is 404 g/mol. The van der Waals surface area contributed by atoms with Crippen LogP contribution in [0.1, 0.15) is 25.5 Å². The summed E-state index contributed by atoms with van der Waals surface area (Å²) < 4.78 is 17.5. The summed E-state index contributed by atoms with van der Waals surface area (Å²) >= 11 is -0.374. The molecule has 0 aliphatic rings. The number of pyridine rings is 2. The number of nitrogens with zero attached hydrogens (tertiary/aromatic N) is 4. The summed E-state index contributed by atoms with van der Waals surface area (Å²) in [5.74, 6) is 0.00202. The number of hydrogen-bond acceptors (Lipinski definition) is 3. The average molecular weight is 403 g/mol. The van der Waals surface area contributed by atoms with Gasteiger partial charge in [0.1, 0.15) is 0 Å². The molecule has 0 fully saturated rings. The average Bonchev–Trinajstić information content (AvgIpc) is 2.95. The summed E-state index contributed by atoms with van der Waals surface area (Å²) in [5.41, 5.74) is 2.06. The second kappa shape index (κ2) is 7.17. The van der Waals surface area contributed by atoms with E-state index >= 15 is 0 Å². The van der Waals surface area contributed by atoms with Gasteiger partial charge in [-0.15, -0.1) is 0 Å². The van der Waals surface area contributed by atoms with Crippen molar-refractivity contribution in [3.05, 3.63) is 48.3 Å². The fraction of sp³-hybridized carbons (Fsp3) is 0.312. The van der Waals surface area contributed by atoms with Crippen LogP contribution in [-0.4, -0.2) is 40.9 Å². The number of aromatic nitrogens is 4. The molecule has 3 heterocycles. The van der Waals surface area contributed by atoms with Crippen LogP contribution in [0.25, 0.3) is 16.7 Å². The molecule has 4 nitrogen and oxygen atoms in total. The first-order valence-electron chi connectivity index (χ1n) is 7.44. The molecule has 0 aliphatic carbocycles. The summed E-state index contributed by atoms with van der Waals surface area (Å²) in [4.78, 5) is 8.43. The van der Waals surface area contributed by atoms with Crippen LogP contribution in [-0.2, 0) is 4.44 Å². The number of halogens is 1. The Hall–Kier alpha value is -1.50. The molecule has 3 rings (SSSR count). The van der Waals surface area contributed by atoms with Gasteiger partial charge < -0.3 is 0 Å². The number of unbranched alkanes of at least 4 members (excludes halogenated alkanes) is 1. The predicted molar refractivity (Wildman–Crippen MR) is 85.8 cm³/mol. The van der Waals surface area contributed by atoms with Crippen molar-refractivity contribution >= 4 is 32.0 Å². The Morgan fingerprint density at radius 3 is 3.00 bits per heavy atom. The molecule has 0 aliphatic heterocycles. The van der Waals surface area contributed by atoms with Gasteiger partial charge in [0.05, 0.1) is 0 Å². The van der Waals surface area contributed by atoms with E-state index < -0.39 is 5.95 Å². The first-order chi connectivity index (χ1) is 10.8. The molecule has 2 radical (unpaired) electrons. The number of fused-ring (bicyclic) bond motifs is 1. The minimum atomic E-state index is -0.496. The fourth-order valence-corrected chi connectivity index (χ4v) is 5.79. The molecule has 0 N–H and O–H groups in total. The number of hydrogen-bond donors (Lipinski definition) is 0. The van der Waals surface area contributed by atoms with E-state index in [4.69, 9.17) is 0 Å². The van der Waals surface area contributed by atoms with Crippen LogP contribution in [0.15, 0.2) is 36.7 Å². The third-order valence-corrected chi connectivity index (χ3v) is 7.21. The van der Waals surface area contributed by atoms with Gasteiger partial charge in [0.2, 0.25) is 0 Å². The zero-order valence-corrected chi connectivity index (χ0v) is 15.3. The maximum atomic E-state index is 13.3. The summed E-state index contributed by atoms with van der Waals surface area (Å²) in [6, 6.07) is 6.81. The van der Waals surface area contributed by atoms with Crippen molar-refractivity contribution in [2.45, 2.75) is 28.6 Å². The van der Waals surface area contributed by atoms with Gasteiger partial charge in [-0.1, -0.05) is 0 Å². The van der Waals surface area contributed by atoms with Gasteiger partial charge in [0.25, 0.3) is 0 Å². The van der Waals surface area contributed by atoms with E-state index in [1.165, 1.54) is 23.3 Å². The molecule has 22 heavy (non-hydrogen) atoms. The van der Waals surface area contributed by atoms with Gasteiger partial charge in [-0.3, -0.25) is 0 Å². The van der Waals surface area contributed by atoms with Crippen LogP contribution in [0.5, 0.6) is 0 Å². The van der Waals surface area contributed by atoms with Crippen LogP contribution in [0.3, 0.4) is 0 Å². The maximum absolute atomic E-state index is 13.3. The van der Waals surface area contributed by atoms with Crippen molar-refractivity contribution in [1.29, 1.82) is 0 Å². The molecule has 0 saturated heterocycles. The summed E-state index contributed by atoms with van der Waals surface area (Å²) in [7, 11) is 0. The van der Waals surface area contributed by atoms with Crippen LogP contribution >= 0.6 is 0 Å². The summed E-state index contributed by atoms with van der Waals surface area (Å²) in [5, 5.41) is 5.27. The number of rotatable bonds is 6. The molecular weight excluding hydrogens is 386 g/mol. The van der Waals surface area contributed by atoms with E-state index in [1.54, 1.807) is 23.0 Å². The SMILES string of the molecule is CCC[CH2][Sn][CH2]c1cc2c(cn1)cnn2-c1cccc(F)n1. The van der Waals surface area contributed by atoms with Crippen molar-refractivity contribution in [1.82, 2.24) is 19.7 Å². The molecule has 0 saturated carbocycles. The van der Waals surface area contributed by atoms with E-state index in [0.29, 0.717) is 5.82 Å².